The molecule has 4 rings (SSSR count). The van der Waals surface area contributed by atoms with Crippen LogP contribution in [0.25, 0.3) is 10.9 Å². The van der Waals surface area contributed by atoms with Gasteiger partial charge in [-0.25, -0.2) is 0 Å². The van der Waals surface area contributed by atoms with Crippen LogP contribution < -0.4 is 11.0 Å². The van der Waals surface area contributed by atoms with Crippen LogP contribution in [0.3, 0.4) is 0 Å². The predicted octanol–water partition coefficient (Wildman–Crippen LogP) is 4.17. The number of nitrogens with zero attached hydrogens (tertiary/aromatic N) is 1. The lowest BCUT2D eigenvalue weighted by Gasteiger charge is -2.32. The van der Waals surface area contributed by atoms with Crippen molar-refractivity contribution in [3.63, 3.8) is 0 Å². The van der Waals surface area contributed by atoms with Crippen molar-refractivity contribution in [1.82, 2.24) is 14.9 Å². The van der Waals surface area contributed by atoms with Crippen molar-refractivity contribution in [2.75, 3.05) is 7.05 Å². The Kier molecular flexibility index (Phi) is 6.26. The van der Waals surface area contributed by atoms with Crippen LogP contribution in [0.5, 0.6) is 0 Å². The lowest BCUT2D eigenvalue weighted by molar-refractivity contribution is 0.00578. The van der Waals surface area contributed by atoms with Crippen molar-refractivity contribution in [2.45, 2.75) is 79.1 Å². The molecular weight excluding hydrogens is 441 g/mol. The fourth-order valence-electron chi connectivity index (χ4n) is 4.63. The number of pyridine rings is 1. The van der Waals surface area contributed by atoms with Gasteiger partial charge in [0.25, 0.3) is 11.5 Å². The van der Waals surface area contributed by atoms with Gasteiger partial charge in [-0.05, 0) is 76.2 Å². The van der Waals surface area contributed by atoms with Crippen LogP contribution in [0, 0.1) is 13.8 Å². The van der Waals surface area contributed by atoms with E-state index >= 15 is 0 Å². The first-order chi connectivity index (χ1) is 16.2. The van der Waals surface area contributed by atoms with Crippen LogP contribution in [-0.4, -0.2) is 46.1 Å². The zero-order valence-electron chi connectivity index (χ0n) is 22.3. The number of aromatic nitrogens is 2. The molecule has 186 valence electrons. The zero-order valence-corrected chi connectivity index (χ0v) is 22.3. The van der Waals surface area contributed by atoms with Crippen LogP contribution in [0.4, 0.5) is 0 Å². The Hall–Kier alpha value is -2.84. The van der Waals surface area contributed by atoms with Gasteiger partial charge in [0.05, 0.1) is 28.8 Å². The third-order valence-corrected chi connectivity index (χ3v) is 7.46. The molecule has 7 nitrogen and oxygen atoms in total. The van der Waals surface area contributed by atoms with E-state index in [2.05, 4.69) is 29.9 Å². The van der Waals surface area contributed by atoms with Crippen molar-refractivity contribution >= 4 is 29.4 Å². The molecule has 3 heterocycles. The van der Waals surface area contributed by atoms with E-state index in [0.29, 0.717) is 11.1 Å². The SMILES string of the molecule is Cc1cc(C)c(CN(C)C(=O)c2cc(B3OC(C)(C)C(C)(C)O3)cc3c(C(C)C)c[nH]c23)c(=O)[nH]1. The molecule has 0 atom stereocenters. The second-order valence-electron chi connectivity index (χ2n) is 11.1. The van der Waals surface area contributed by atoms with E-state index in [-0.39, 0.29) is 23.9 Å². The molecule has 3 aromatic rings. The number of benzene rings is 1. The molecule has 0 bridgehead atoms. The van der Waals surface area contributed by atoms with Crippen LogP contribution in [0.15, 0.2) is 29.2 Å². The smallest absolute Gasteiger partial charge is 0.399 e. The first-order valence-electron chi connectivity index (χ1n) is 12.2. The highest BCUT2D eigenvalue weighted by molar-refractivity contribution is 6.62. The van der Waals surface area contributed by atoms with Crippen LogP contribution in [0.1, 0.15) is 80.2 Å². The standard InChI is InChI=1S/C27H36BN3O4/c1-15(2)21-13-29-23-19(21)11-18(28-34-26(5,6)27(7,8)35-28)12-20(23)25(33)31(9)14-22-16(3)10-17(4)30-24(22)32/h10-13,15,29H,14H2,1-9H3,(H,30,32). The molecule has 8 heteroatoms. The third kappa shape index (κ3) is 4.45. The topological polar surface area (TPSA) is 87.4 Å². The Balaban J connectivity index is 1.78. The van der Waals surface area contributed by atoms with Crippen molar-refractivity contribution in [3.05, 3.63) is 62.7 Å². The predicted molar refractivity (Wildman–Crippen MR) is 140 cm³/mol. The number of nitrogens with one attached hydrogen (secondary N) is 2. The largest absolute Gasteiger partial charge is 0.494 e. The van der Waals surface area contributed by atoms with E-state index in [1.165, 1.54) is 0 Å². The Bertz CT molecular complexity index is 1340. The third-order valence-electron chi connectivity index (χ3n) is 7.46. The minimum atomic E-state index is -0.585. The number of H-pyrrole nitrogens is 2. The molecule has 1 amide bonds. The average molecular weight is 477 g/mol. The van der Waals surface area contributed by atoms with E-state index in [1.807, 2.05) is 59.9 Å². The molecule has 0 radical (unpaired) electrons. The maximum absolute atomic E-state index is 13.8. The number of hydrogen-bond donors (Lipinski definition) is 2. The Morgan fingerprint density at radius 1 is 1.09 bits per heavy atom. The number of hydrogen-bond acceptors (Lipinski definition) is 4. The van der Waals surface area contributed by atoms with E-state index in [4.69, 9.17) is 9.31 Å². The van der Waals surface area contributed by atoms with Gasteiger partial charge in [0, 0.05) is 29.9 Å². The lowest BCUT2D eigenvalue weighted by Crippen LogP contribution is -2.41. The molecule has 1 aliphatic heterocycles. The summed E-state index contributed by atoms with van der Waals surface area (Å²) in [6.07, 6.45) is 1.97. The van der Waals surface area contributed by atoms with E-state index in [9.17, 15) is 9.59 Å². The van der Waals surface area contributed by atoms with Crippen molar-refractivity contribution < 1.29 is 14.1 Å². The lowest BCUT2D eigenvalue weighted by atomic mass is 9.77. The first kappa shape index (κ1) is 25.3. The highest BCUT2D eigenvalue weighted by Gasteiger charge is 2.52. The van der Waals surface area contributed by atoms with Crippen molar-refractivity contribution in [2.24, 2.45) is 0 Å². The fraction of sp³-hybridized carbons (Fsp3) is 0.481. The summed E-state index contributed by atoms with van der Waals surface area (Å²) in [7, 11) is 1.14. The number of carbonyl (C=O) groups excluding carboxylic acids is 1. The van der Waals surface area contributed by atoms with Gasteiger partial charge in [0.1, 0.15) is 0 Å². The Morgan fingerprint density at radius 3 is 2.29 bits per heavy atom. The molecule has 0 unspecified atom stereocenters. The molecule has 1 saturated heterocycles. The van der Waals surface area contributed by atoms with Crippen LogP contribution in [-0.2, 0) is 15.9 Å². The van der Waals surface area contributed by atoms with Gasteiger partial charge in [-0.3, -0.25) is 9.59 Å². The quantitative estimate of drug-likeness (QED) is 0.540. The minimum absolute atomic E-state index is 0.166. The molecule has 0 saturated carbocycles. The summed E-state index contributed by atoms with van der Waals surface area (Å²) in [6, 6.07) is 5.84. The van der Waals surface area contributed by atoms with Crippen LogP contribution in [0.2, 0.25) is 0 Å². The van der Waals surface area contributed by atoms with E-state index < -0.39 is 18.3 Å². The van der Waals surface area contributed by atoms with E-state index in [1.54, 1.807) is 11.9 Å². The van der Waals surface area contributed by atoms with Gasteiger partial charge in [0.15, 0.2) is 0 Å². The highest BCUT2D eigenvalue weighted by atomic mass is 16.7. The van der Waals surface area contributed by atoms with Gasteiger partial charge in [-0.2, -0.15) is 0 Å². The van der Waals surface area contributed by atoms with Crippen LogP contribution >= 0.6 is 0 Å². The van der Waals surface area contributed by atoms with Gasteiger partial charge >= 0.3 is 7.12 Å². The highest BCUT2D eigenvalue weighted by Crippen LogP contribution is 2.37. The average Bonchev–Trinajstić information content (AvgIpc) is 3.27. The summed E-state index contributed by atoms with van der Waals surface area (Å²) in [5, 5.41) is 0.980. The van der Waals surface area contributed by atoms with E-state index in [0.717, 1.165) is 33.2 Å². The molecule has 2 N–H and O–H groups in total. The van der Waals surface area contributed by atoms with Gasteiger partial charge in [-0.1, -0.05) is 19.9 Å². The molecule has 1 aliphatic rings. The van der Waals surface area contributed by atoms with Crippen molar-refractivity contribution in [1.29, 1.82) is 0 Å². The summed E-state index contributed by atoms with van der Waals surface area (Å²) in [5.41, 5.74) is 4.34. The number of carbonyl (C=O) groups is 1. The molecule has 0 aliphatic carbocycles. The summed E-state index contributed by atoms with van der Waals surface area (Å²) >= 11 is 0. The maximum atomic E-state index is 13.8. The fourth-order valence-corrected chi connectivity index (χ4v) is 4.63. The number of aromatic amines is 2. The zero-order chi connectivity index (χ0) is 25.9. The Labute approximate surface area is 207 Å². The Morgan fingerprint density at radius 2 is 1.71 bits per heavy atom. The van der Waals surface area contributed by atoms with Crippen molar-refractivity contribution in [3.8, 4) is 0 Å². The maximum Gasteiger partial charge on any atom is 0.494 e. The normalized spacial score (nSPS) is 16.9. The number of amides is 1. The second-order valence-corrected chi connectivity index (χ2v) is 11.1. The molecule has 1 aromatic carbocycles. The van der Waals surface area contributed by atoms with Gasteiger partial charge in [0.2, 0.25) is 0 Å². The van der Waals surface area contributed by atoms with Gasteiger partial charge in [-0.15, -0.1) is 0 Å². The minimum Gasteiger partial charge on any atom is -0.399 e. The molecular formula is C27H36BN3O4. The summed E-state index contributed by atoms with van der Waals surface area (Å²) in [6.45, 7) is 16.3. The summed E-state index contributed by atoms with van der Waals surface area (Å²) < 4.78 is 12.6. The first-order valence-corrected chi connectivity index (χ1v) is 12.2. The number of fused-ring (bicyclic) bond motifs is 1. The summed E-state index contributed by atoms with van der Waals surface area (Å²) in [5.74, 6) is 0.0941. The molecule has 35 heavy (non-hydrogen) atoms. The summed E-state index contributed by atoms with van der Waals surface area (Å²) in [4.78, 5) is 34.1. The number of rotatable bonds is 5. The van der Waals surface area contributed by atoms with Gasteiger partial charge < -0.3 is 24.2 Å². The molecule has 0 spiro atoms. The molecule has 1 fully saturated rings. The second kappa shape index (κ2) is 8.68. The molecule has 2 aromatic heterocycles. The monoisotopic (exact) mass is 477 g/mol. The number of aryl methyl sites for hydroxylation is 2.